The van der Waals surface area contributed by atoms with Crippen molar-refractivity contribution in [3.8, 4) is 0 Å². The molecule has 4 atom stereocenters. The van der Waals surface area contributed by atoms with E-state index in [0.29, 0.717) is 18.5 Å². The Morgan fingerprint density at radius 2 is 2.07 bits per heavy atom. The number of nitrogens with zero attached hydrogens (tertiary/aromatic N) is 3. The predicted molar refractivity (Wildman–Crippen MR) is 111 cm³/mol. The molecular weight excluding hydrogens is 378 g/mol. The summed E-state index contributed by atoms with van der Waals surface area (Å²) in [5.41, 5.74) is 1.09. The number of aromatic nitrogens is 3. The highest BCUT2D eigenvalue weighted by molar-refractivity contribution is 5.79. The molecule has 2 bridgehead atoms. The van der Waals surface area contributed by atoms with Crippen molar-refractivity contribution in [2.24, 2.45) is 11.8 Å². The van der Waals surface area contributed by atoms with Crippen LogP contribution in [0.25, 0.3) is 0 Å². The number of fused-ring (bicyclic) bond motifs is 3. The van der Waals surface area contributed by atoms with Crippen molar-refractivity contribution < 1.29 is 14.8 Å². The highest BCUT2D eigenvalue weighted by Gasteiger charge is 2.46. The summed E-state index contributed by atoms with van der Waals surface area (Å²) < 4.78 is 1.91. The van der Waals surface area contributed by atoms with Gasteiger partial charge in [0.15, 0.2) is 0 Å². The smallest absolute Gasteiger partial charge is 0.229 e. The summed E-state index contributed by atoms with van der Waals surface area (Å²) in [4.78, 5) is 14.3. The molecule has 30 heavy (non-hydrogen) atoms. The van der Waals surface area contributed by atoms with Crippen LogP contribution in [0.5, 0.6) is 0 Å². The maximum atomic E-state index is 12.8. The van der Waals surface area contributed by atoms with Crippen molar-refractivity contribution in [3.63, 3.8) is 0 Å². The van der Waals surface area contributed by atoms with Crippen LogP contribution in [0.2, 0.25) is 0 Å². The highest BCUT2D eigenvalue weighted by atomic mass is 16.3. The Balaban J connectivity index is 1.18. The van der Waals surface area contributed by atoms with E-state index in [4.69, 9.17) is 0 Å². The van der Waals surface area contributed by atoms with Gasteiger partial charge >= 0.3 is 0 Å². The molecular formula is C23H32N5O2+. The number of benzene rings is 1. The summed E-state index contributed by atoms with van der Waals surface area (Å²) >= 11 is 0. The Kier molecular flexibility index (Phi) is 5.33. The zero-order valence-corrected chi connectivity index (χ0v) is 17.5. The molecule has 1 unspecified atom stereocenters. The quantitative estimate of drug-likeness (QED) is 0.653. The number of nitrogens with one attached hydrogen (secondary N) is 2. The standard InChI is InChI=1S/C23H31N5O2/c29-22(24-13-17-6-2-1-3-7-17)20-15-27-11-8-18(20)12-19(27)14-28-16-21(25-26-28)23(30)9-4-5-10-23/h1-3,6-7,16,18-20,30H,4-5,8-15H2,(H,24,29)/p+1/t18-,19+,20-/m0/s1. The monoisotopic (exact) mass is 410 g/mol. The molecule has 1 aliphatic carbocycles. The molecule has 4 heterocycles. The lowest BCUT2D eigenvalue weighted by Crippen LogP contribution is -3.20. The van der Waals surface area contributed by atoms with E-state index in [-0.39, 0.29) is 11.8 Å². The first-order valence-corrected chi connectivity index (χ1v) is 11.4. The fraction of sp³-hybridized carbons (Fsp3) is 0.609. The van der Waals surface area contributed by atoms with E-state index >= 15 is 0 Å². The Bertz CT molecular complexity index is 877. The molecule has 3 N–H and O–H groups in total. The summed E-state index contributed by atoms with van der Waals surface area (Å²) in [5, 5.41) is 22.5. The summed E-state index contributed by atoms with van der Waals surface area (Å²) in [6.07, 6.45) is 7.80. The molecule has 1 saturated carbocycles. The third kappa shape index (κ3) is 3.88. The average molecular weight is 411 g/mol. The van der Waals surface area contributed by atoms with Crippen LogP contribution in [0.3, 0.4) is 0 Å². The number of hydrogen-bond donors (Lipinski definition) is 3. The fourth-order valence-electron chi connectivity index (χ4n) is 5.78. The van der Waals surface area contributed by atoms with Crippen molar-refractivity contribution >= 4 is 5.91 Å². The Morgan fingerprint density at radius 1 is 1.27 bits per heavy atom. The zero-order valence-electron chi connectivity index (χ0n) is 17.5. The van der Waals surface area contributed by atoms with Crippen LogP contribution < -0.4 is 10.2 Å². The molecule has 7 heteroatoms. The number of amides is 1. The van der Waals surface area contributed by atoms with Crippen LogP contribution in [-0.2, 0) is 23.5 Å². The molecule has 1 aromatic heterocycles. The summed E-state index contributed by atoms with van der Waals surface area (Å²) in [6.45, 7) is 3.45. The van der Waals surface area contributed by atoms with Crippen molar-refractivity contribution in [3.05, 3.63) is 47.8 Å². The van der Waals surface area contributed by atoms with Crippen LogP contribution in [0, 0.1) is 11.8 Å². The second kappa shape index (κ2) is 8.12. The van der Waals surface area contributed by atoms with Crippen LogP contribution in [0.15, 0.2) is 36.5 Å². The number of carbonyl (C=O) groups excluding carboxylic acids is 1. The van der Waals surface area contributed by atoms with Gasteiger partial charge in [-0.1, -0.05) is 48.4 Å². The SMILES string of the molecule is O=C(NCc1ccccc1)[C@H]1C[NH+]2CC[C@H]1C[C@@H]2Cn1cc(C2(O)CCCC2)nn1. The first kappa shape index (κ1) is 19.7. The Morgan fingerprint density at radius 3 is 2.80 bits per heavy atom. The van der Waals surface area contributed by atoms with Gasteiger partial charge in [-0.15, -0.1) is 5.10 Å². The third-order valence-electron chi connectivity index (χ3n) is 7.55. The molecule has 0 radical (unpaired) electrons. The van der Waals surface area contributed by atoms with Gasteiger partial charge in [-0.3, -0.25) is 4.79 Å². The normalized spacial score (nSPS) is 29.8. The maximum absolute atomic E-state index is 12.8. The molecule has 1 aromatic carbocycles. The number of hydrogen-bond acceptors (Lipinski definition) is 4. The van der Waals surface area contributed by atoms with Gasteiger partial charge < -0.3 is 15.3 Å². The molecule has 2 aromatic rings. The second-order valence-electron chi connectivity index (χ2n) is 9.47. The minimum atomic E-state index is -0.779. The van der Waals surface area contributed by atoms with Crippen molar-refractivity contribution in [1.82, 2.24) is 20.3 Å². The lowest BCUT2D eigenvalue weighted by molar-refractivity contribution is -0.945. The van der Waals surface area contributed by atoms with Gasteiger partial charge in [0.1, 0.15) is 17.3 Å². The van der Waals surface area contributed by atoms with Gasteiger partial charge in [0, 0.05) is 19.4 Å². The van der Waals surface area contributed by atoms with E-state index in [2.05, 4.69) is 15.6 Å². The van der Waals surface area contributed by atoms with E-state index < -0.39 is 5.60 Å². The maximum Gasteiger partial charge on any atom is 0.229 e. The summed E-state index contributed by atoms with van der Waals surface area (Å²) in [6, 6.07) is 10.6. The fourth-order valence-corrected chi connectivity index (χ4v) is 5.78. The largest absolute Gasteiger partial charge is 0.383 e. The van der Waals surface area contributed by atoms with E-state index in [1.807, 2.05) is 41.2 Å². The molecule has 1 amide bonds. The summed E-state index contributed by atoms with van der Waals surface area (Å²) in [7, 11) is 0. The minimum absolute atomic E-state index is 0.110. The van der Waals surface area contributed by atoms with Crippen LogP contribution in [0.4, 0.5) is 0 Å². The molecule has 3 aliphatic heterocycles. The Labute approximate surface area is 177 Å². The van der Waals surface area contributed by atoms with E-state index in [1.165, 1.54) is 4.90 Å². The molecule has 3 saturated heterocycles. The van der Waals surface area contributed by atoms with Crippen LogP contribution >= 0.6 is 0 Å². The molecule has 4 aliphatic rings. The number of carbonyl (C=O) groups is 1. The van der Waals surface area contributed by atoms with E-state index in [9.17, 15) is 9.90 Å². The van der Waals surface area contributed by atoms with Crippen molar-refractivity contribution in [2.45, 2.75) is 63.3 Å². The van der Waals surface area contributed by atoms with Gasteiger partial charge in [-0.2, -0.15) is 0 Å². The summed E-state index contributed by atoms with van der Waals surface area (Å²) in [5.74, 6) is 0.760. The van der Waals surface area contributed by atoms with Crippen LogP contribution in [-0.4, -0.2) is 45.1 Å². The predicted octanol–water partition coefficient (Wildman–Crippen LogP) is 0.649. The number of aliphatic hydroxyl groups is 1. The highest BCUT2D eigenvalue weighted by Crippen LogP contribution is 2.37. The number of rotatable bonds is 6. The lowest BCUT2D eigenvalue weighted by atomic mass is 9.75. The topological polar surface area (TPSA) is 84.5 Å². The third-order valence-corrected chi connectivity index (χ3v) is 7.55. The molecule has 160 valence electrons. The second-order valence-corrected chi connectivity index (χ2v) is 9.47. The van der Waals surface area contributed by atoms with Gasteiger partial charge in [-0.25, -0.2) is 4.68 Å². The van der Waals surface area contributed by atoms with E-state index in [1.54, 1.807) is 0 Å². The van der Waals surface area contributed by atoms with Crippen molar-refractivity contribution in [2.75, 3.05) is 13.1 Å². The lowest BCUT2D eigenvalue weighted by Gasteiger charge is -2.46. The van der Waals surface area contributed by atoms with Gasteiger partial charge in [0.05, 0.1) is 31.7 Å². The van der Waals surface area contributed by atoms with Crippen LogP contribution in [0.1, 0.15) is 49.8 Å². The van der Waals surface area contributed by atoms with Crippen molar-refractivity contribution in [1.29, 1.82) is 0 Å². The van der Waals surface area contributed by atoms with Gasteiger partial charge in [0.2, 0.25) is 5.91 Å². The van der Waals surface area contributed by atoms with Gasteiger partial charge in [0.25, 0.3) is 0 Å². The molecule has 0 spiro atoms. The number of quaternary nitrogens is 1. The first-order chi connectivity index (χ1) is 14.6. The number of piperidine rings is 3. The Hall–Kier alpha value is -2.25. The average Bonchev–Trinajstić information content (AvgIpc) is 3.43. The molecule has 6 rings (SSSR count). The van der Waals surface area contributed by atoms with Gasteiger partial charge in [-0.05, 0) is 24.3 Å². The molecule has 4 fully saturated rings. The zero-order chi connectivity index (χ0) is 20.6. The first-order valence-electron chi connectivity index (χ1n) is 11.4. The molecule has 7 nitrogen and oxygen atoms in total. The minimum Gasteiger partial charge on any atom is -0.383 e. The van der Waals surface area contributed by atoms with E-state index in [0.717, 1.165) is 69.4 Å².